The van der Waals surface area contributed by atoms with Crippen molar-refractivity contribution in [2.75, 3.05) is 18.0 Å². The molecule has 2 heterocycles. The van der Waals surface area contributed by atoms with E-state index in [4.69, 9.17) is 11.6 Å². The van der Waals surface area contributed by atoms with E-state index in [9.17, 15) is 13.2 Å². The lowest BCUT2D eigenvalue weighted by molar-refractivity contribution is -0.137. The van der Waals surface area contributed by atoms with Gasteiger partial charge in [-0.3, -0.25) is 0 Å². The van der Waals surface area contributed by atoms with Gasteiger partial charge in [-0.2, -0.15) is 13.2 Å². The first-order chi connectivity index (χ1) is 8.90. The van der Waals surface area contributed by atoms with Crippen LogP contribution in [-0.2, 0) is 6.18 Å². The minimum absolute atomic E-state index is 0.108. The van der Waals surface area contributed by atoms with Crippen LogP contribution in [0.15, 0.2) is 12.1 Å². The average molecular weight is 293 g/mol. The first-order valence-corrected chi connectivity index (χ1v) is 6.77. The Morgan fingerprint density at radius 1 is 1.42 bits per heavy atom. The predicted molar refractivity (Wildman–Crippen MR) is 69.5 cm³/mol. The minimum atomic E-state index is -4.39. The summed E-state index contributed by atoms with van der Waals surface area (Å²) in [5, 5.41) is -0.108. The lowest BCUT2D eigenvalue weighted by Crippen LogP contribution is -2.21. The van der Waals surface area contributed by atoms with Crippen LogP contribution in [0.3, 0.4) is 0 Å². The molecule has 1 aromatic rings. The molecule has 0 N–H and O–H groups in total. The van der Waals surface area contributed by atoms with Gasteiger partial charge in [0.2, 0.25) is 0 Å². The van der Waals surface area contributed by atoms with Crippen LogP contribution in [0.2, 0.25) is 5.15 Å². The van der Waals surface area contributed by atoms with E-state index in [0.717, 1.165) is 44.5 Å². The third kappa shape index (κ3) is 3.53. The molecule has 19 heavy (non-hydrogen) atoms. The Morgan fingerprint density at radius 3 is 2.79 bits per heavy atom. The molecule has 106 valence electrons. The molecule has 2 nitrogen and oxygen atoms in total. The maximum Gasteiger partial charge on any atom is 0.416 e. The number of pyridine rings is 1. The van der Waals surface area contributed by atoms with E-state index in [1.54, 1.807) is 0 Å². The monoisotopic (exact) mass is 292 g/mol. The number of halogens is 4. The van der Waals surface area contributed by atoms with Gasteiger partial charge >= 0.3 is 6.18 Å². The fraction of sp³-hybridized carbons (Fsp3) is 0.615. The molecule has 0 aromatic carbocycles. The molecule has 1 unspecified atom stereocenters. The summed E-state index contributed by atoms with van der Waals surface area (Å²) in [7, 11) is 0. The highest BCUT2D eigenvalue weighted by Crippen LogP contribution is 2.34. The summed E-state index contributed by atoms with van der Waals surface area (Å²) in [5.74, 6) is 0.874. The minimum Gasteiger partial charge on any atom is -0.356 e. The molecule has 1 saturated heterocycles. The zero-order chi connectivity index (χ0) is 14.0. The van der Waals surface area contributed by atoms with E-state index in [1.165, 1.54) is 0 Å². The summed E-state index contributed by atoms with van der Waals surface area (Å²) in [6.07, 6.45) is -1.19. The van der Waals surface area contributed by atoms with Crippen LogP contribution < -0.4 is 4.90 Å². The van der Waals surface area contributed by atoms with Gasteiger partial charge in [0.1, 0.15) is 11.0 Å². The van der Waals surface area contributed by atoms with E-state index < -0.39 is 11.7 Å². The smallest absolute Gasteiger partial charge is 0.356 e. The predicted octanol–water partition coefficient (Wildman–Crippen LogP) is 4.38. The number of alkyl halides is 3. The summed E-state index contributed by atoms with van der Waals surface area (Å²) in [4.78, 5) is 5.91. The zero-order valence-corrected chi connectivity index (χ0v) is 11.4. The van der Waals surface area contributed by atoms with Crippen molar-refractivity contribution in [2.45, 2.75) is 32.4 Å². The van der Waals surface area contributed by atoms with E-state index in [0.29, 0.717) is 11.7 Å². The van der Waals surface area contributed by atoms with Crippen LogP contribution in [0.25, 0.3) is 0 Å². The van der Waals surface area contributed by atoms with Crippen molar-refractivity contribution in [3.05, 3.63) is 22.8 Å². The Morgan fingerprint density at radius 2 is 2.16 bits per heavy atom. The first-order valence-electron chi connectivity index (χ1n) is 6.40. The zero-order valence-electron chi connectivity index (χ0n) is 10.7. The molecule has 1 aliphatic rings. The third-order valence-electron chi connectivity index (χ3n) is 3.41. The van der Waals surface area contributed by atoms with Crippen LogP contribution in [0.5, 0.6) is 0 Å². The van der Waals surface area contributed by atoms with Gasteiger partial charge in [-0.15, -0.1) is 0 Å². The summed E-state index contributed by atoms with van der Waals surface area (Å²) in [6.45, 7) is 3.62. The normalized spacial score (nSPS) is 20.1. The van der Waals surface area contributed by atoms with E-state index in [1.807, 2.05) is 4.90 Å². The molecule has 1 fully saturated rings. The Balaban J connectivity index is 2.19. The fourth-order valence-electron chi connectivity index (χ4n) is 2.49. The van der Waals surface area contributed by atoms with Gasteiger partial charge in [-0.25, -0.2) is 4.98 Å². The molecule has 0 spiro atoms. The standard InChI is InChI=1S/C13H16ClF3N2/c1-2-3-9-4-5-19(8-9)12-7-10(13(15,16)17)6-11(14)18-12/h6-7,9H,2-5,8H2,1H3. The van der Waals surface area contributed by atoms with Gasteiger partial charge < -0.3 is 4.90 Å². The lowest BCUT2D eigenvalue weighted by atomic mass is 10.0. The van der Waals surface area contributed by atoms with Crippen LogP contribution >= 0.6 is 11.6 Å². The highest BCUT2D eigenvalue weighted by atomic mass is 35.5. The Hall–Kier alpha value is -0.970. The molecule has 0 bridgehead atoms. The molecule has 1 aliphatic heterocycles. The molecule has 1 atom stereocenters. The second-order valence-electron chi connectivity index (χ2n) is 4.92. The van der Waals surface area contributed by atoms with Gasteiger partial charge in [0.25, 0.3) is 0 Å². The maximum absolute atomic E-state index is 12.7. The van der Waals surface area contributed by atoms with Crippen molar-refractivity contribution in [1.29, 1.82) is 0 Å². The van der Waals surface area contributed by atoms with Crippen LogP contribution in [-0.4, -0.2) is 18.1 Å². The van der Waals surface area contributed by atoms with Crippen LogP contribution in [0.4, 0.5) is 19.0 Å². The van der Waals surface area contributed by atoms with Crippen LogP contribution in [0.1, 0.15) is 31.7 Å². The quantitative estimate of drug-likeness (QED) is 0.769. The van der Waals surface area contributed by atoms with Crippen molar-refractivity contribution >= 4 is 17.4 Å². The molecule has 0 saturated carbocycles. The highest BCUT2D eigenvalue weighted by molar-refractivity contribution is 6.29. The van der Waals surface area contributed by atoms with Crippen molar-refractivity contribution < 1.29 is 13.2 Å². The molecular weight excluding hydrogens is 277 g/mol. The lowest BCUT2D eigenvalue weighted by Gasteiger charge is -2.19. The molecule has 1 aromatic heterocycles. The highest BCUT2D eigenvalue weighted by Gasteiger charge is 2.33. The molecule has 2 rings (SSSR count). The number of hydrogen-bond donors (Lipinski definition) is 0. The summed E-state index contributed by atoms with van der Waals surface area (Å²) in [5.41, 5.74) is -0.735. The maximum atomic E-state index is 12.7. The SMILES string of the molecule is CCCC1CCN(c2cc(C(F)(F)F)cc(Cl)n2)C1. The largest absolute Gasteiger partial charge is 0.416 e. The third-order valence-corrected chi connectivity index (χ3v) is 3.61. The number of aromatic nitrogens is 1. The van der Waals surface area contributed by atoms with Crippen molar-refractivity contribution in [3.8, 4) is 0 Å². The molecule has 0 radical (unpaired) electrons. The number of hydrogen-bond acceptors (Lipinski definition) is 2. The summed E-state index contributed by atoms with van der Waals surface area (Å²) in [6, 6.07) is 1.95. The molecular formula is C13H16ClF3N2. The number of anilines is 1. The second kappa shape index (κ2) is 5.57. The molecule has 0 amide bonds. The Bertz CT molecular complexity index is 448. The first kappa shape index (κ1) is 14.4. The number of nitrogens with zero attached hydrogens (tertiary/aromatic N) is 2. The van der Waals surface area contributed by atoms with Gasteiger partial charge in [-0.05, 0) is 30.9 Å². The topological polar surface area (TPSA) is 16.1 Å². The van der Waals surface area contributed by atoms with Crippen molar-refractivity contribution in [2.24, 2.45) is 5.92 Å². The molecule has 6 heteroatoms. The second-order valence-corrected chi connectivity index (χ2v) is 5.31. The van der Waals surface area contributed by atoms with Crippen LogP contribution in [0, 0.1) is 5.92 Å². The van der Waals surface area contributed by atoms with E-state index >= 15 is 0 Å². The van der Waals surface area contributed by atoms with Gasteiger partial charge in [0.15, 0.2) is 0 Å². The molecule has 0 aliphatic carbocycles. The van der Waals surface area contributed by atoms with E-state index in [-0.39, 0.29) is 5.15 Å². The Labute approximate surface area is 115 Å². The van der Waals surface area contributed by atoms with Gasteiger partial charge in [-0.1, -0.05) is 24.9 Å². The number of rotatable bonds is 3. The fourth-order valence-corrected chi connectivity index (χ4v) is 2.70. The average Bonchev–Trinajstić information content (AvgIpc) is 2.76. The van der Waals surface area contributed by atoms with E-state index in [2.05, 4.69) is 11.9 Å². The summed E-state index contributed by atoms with van der Waals surface area (Å²) >= 11 is 5.69. The van der Waals surface area contributed by atoms with Gasteiger partial charge in [0.05, 0.1) is 5.56 Å². The summed E-state index contributed by atoms with van der Waals surface area (Å²) < 4.78 is 38.2. The van der Waals surface area contributed by atoms with Crippen molar-refractivity contribution in [1.82, 2.24) is 4.98 Å². The van der Waals surface area contributed by atoms with Gasteiger partial charge in [0, 0.05) is 13.1 Å². The van der Waals surface area contributed by atoms with Crippen molar-refractivity contribution in [3.63, 3.8) is 0 Å². The Kier molecular flexibility index (Phi) is 4.23.